The Morgan fingerprint density at radius 1 is 0.895 bits per heavy atom. The maximum Gasteiger partial charge on any atom is 0.500 e. The van der Waals surface area contributed by atoms with Gasteiger partial charge in [0.1, 0.15) is 0 Å². The van der Waals surface area contributed by atoms with E-state index in [0.29, 0.717) is 0 Å². The Bertz CT molecular complexity index is 212. The van der Waals surface area contributed by atoms with Crippen LogP contribution in [-0.2, 0) is 13.3 Å². The van der Waals surface area contributed by atoms with Crippen LogP contribution < -0.4 is 0 Å². The first kappa shape index (κ1) is 18.8. The van der Waals surface area contributed by atoms with Gasteiger partial charge in [-0.15, -0.1) is 0 Å². The Labute approximate surface area is 119 Å². The highest BCUT2D eigenvalue weighted by molar-refractivity contribution is 6.60. The maximum atomic E-state index is 5.36. The number of nitrogens with zero attached hydrogens (tertiary/aromatic N) is 1. The normalized spacial score (nSPS) is 12.4. The number of rotatable bonds is 13. The van der Waals surface area contributed by atoms with Crippen LogP contribution in [0.4, 0.5) is 0 Å². The summed E-state index contributed by atoms with van der Waals surface area (Å²) in [7, 11) is 2.57. The topological polar surface area (TPSA) is 40.0 Å². The molecule has 0 aliphatic heterocycles. The Hall–Kier alpha value is -0.233. The number of unbranched alkanes of at least 4 members (excludes halogenated alkanes) is 5. The fraction of sp³-hybridized carbons (Fsp3) is 0.929. The van der Waals surface area contributed by atoms with Crippen molar-refractivity contribution in [3.8, 4) is 0 Å². The van der Waals surface area contributed by atoms with Gasteiger partial charge in [-0.25, -0.2) is 0 Å². The van der Waals surface area contributed by atoms with Crippen LogP contribution in [0.15, 0.2) is 4.99 Å². The molecule has 0 aromatic rings. The molecule has 0 spiro atoms. The lowest BCUT2D eigenvalue weighted by Gasteiger charge is -2.23. The van der Waals surface area contributed by atoms with E-state index in [2.05, 4.69) is 18.1 Å². The number of hydrogen-bond donors (Lipinski definition) is 0. The van der Waals surface area contributed by atoms with Gasteiger partial charge in [-0.3, -0.25) is 4.99 Å². The molecule has 0 aromatic heterocycles. The van der Waals surface area contributed by atoms with Gasteiger partial charge in [-0.2, -0.15) is 0 Å². The van der Waals surface area contributed by atoms with E-state index in [1.165, 1.54) is 32.1 Å². The molecule has 0 aliphatic carbocycles. The van der Waals surface area contributed by atoms with Crippen molar-refractivity contribution in [1.29, 1.82) is 0 Å². The zero-order valence-electron chi connectivity index (χ0n) is 13.1. The predicted octanol–water partition coefficient (Wildman–Crippen LogP) is 3.69. The van der Waals surface area contributed by atoms with Crippen LogP contribution in [0.25, 0.3) is 0 Å². The van der Waals surface area contributed by atoms with E-state index in [1.807, 2.05) is 0 Å². The van der Waals surface area contributed by atoms with Crippen LogP contribution in [0.3, 0.4) is 0 Å². The molecule has 0 atom stereocenters. The molecular formula is C14H31NO3Si. The molecule has 0 heterocycles. The summed E-state index contributed by atoms with van der Waals surface area (Å²) in [5.74, 6) is 0. The zero-order valence-corrected chi connectivity index (χ0v) is 14.1. The number of aliphatic imine (C=N–C) groups is 1. The average molecular weight is 289 g/mol. The highest BCUT2D eigenvalue weighted by atomic mass is 28.4. The first-order valence-electron chi connectivity index (χ1n) is 7.38. The second kappa shape index (κ2) is 12.8. The van der Waals surface area contributed by atoms with Crippen LogP contribution in [0, 0.1) is 0 Å². The van der Waals surface area contributed by atoms with E-state index in [4.69, 9.17) is 13.3 Å². The van der Waals surface area contributed by atoms with Crippen molar-refractivity contribution in [1.82, 2.24) is 0 Å². The van der Waals surface area contributed by atoms with Gasteiger partial charge in [0.25, 0.3) is 0 Å². The van der Waals surface area contributed by atoms with Crippen LogP contribution in [0.5, 0.6) is 0 Å². The minimum atomic E-state index is -2.38. The fourth-order valence-corrected chi connectivity index (χ4v) is 3.67. The van der Waals surface area contributed by atoms with E-state index < -0.39 is 8.80 Å². The highest BCUT2D eigenvalue weighted by Gasteiger charge is 2.36. The minimum absolute atomic E-state index is 0.824. The van der Waals surface area contributed by atoms with Crippen molar-refractivity contribution in [2.45, 2.75) is 57.9 Å². The third kappa shape index (κ3) is 9.32. The lowest BCUT2D eigenvalue weighted by atomic mass is 10.1. The molecule has 0 aromatic carbocycles. The van der Waals surface area contributed by atoms with Crippen LogP contribution in [-0.4, -0.2) is 42.9 Å². The molecule has 0 rings (SSSR count). The van der Waals surface area contributed by atoms with Crippen molar-refractivity contribution in [2.24, 2.45) is 4.99 Å². The summed E-state index contributed by atoms with van der Waals surface area (Å²) in [6.07, 6.45) is 10.7. The molecule has 19 heavy (non-hydrogen) atoms. The summed E-state index contributed by atoms with van der Waals surface area (Å²) in [5.41, 5.74) is 0. The largest absolute Gasteiger partial charge is 0.500 e. The summed E-state index contributed by atoms with van der Waals surface area (Å²) in [6.45, 7) is 3.07. The summed E-state index contributed by atoms with van der Waals surface area (Å²) in [5, 5.41) is 0. The highest BCUT2D eigenvalue weighted by Crippen LogP contribution is 2.14. The van der Waals surface area contributed by atoms with Crippen molar-refractivity contribution >= 4 is 15.0 Å². The average Bonchev–Trinajstić information content (AvgIpc) is 2.46. The lowest BCUT2D eigenvalue weighted by Crippen LogP contribution is -2.42. The van der Waals surface area contributed by atoms with Gasteiger partial charge < -0.3 is 13.3 Å². The smallest absolute Gasteiger partial charge is 0.377 e. The molecule has 5 heteroatoms. The summed E-state index contributed by atoms with van der Waals surface area (Å²) in [4.78, 5) is 4.43. The standard InChI is InChI=1S/C14H31NO3Si/c1-5-6-7-8-9-10-12-15-13-11-14-19(16-2,17-3)18-4/h12H,5-11,13-14H2,1-4H3. The second-order valence-corrected chi connectivity index (χ2v) is 7.78. The van der Waals surface area contributed by atoms with E-state index in [-0.39, 0.29) is 0 Å². The van der Waals surface area contributed by atoms with E-state index in [1.54, 1.807) is 21.3 Å². The lowest BCUT2D eigenvalue weighted by molar-refractivity contribution is 0.123. The maximum absolute atomic E-state index is 5.36. The summed E-state index contributed by atoms with van der Waals surface area (Å²) < 4.78 is 16.1. The van der Waals surface area contributed by atoms with Crippen molar-refractivity contribution in [3.05, 3.63) is 0 Å². The van der Waals surface area contributed by atoms with Gasteiger partial charge in [0.2, 0.25) is 0 Å². The van der Waals surface area contributed by atoms with Gasteiger partial charge in [0, 0.05) is 33.9 Å². The molecule has 0 saturated carbocycles. The molecular weight excluding hydrogens is 258 g/mol. The third-order valence-corrected chi connectivity index (χ3v) is 6.10. The molecule has 114 valence electrons. The van der Waals surface area contributed by atoms with Gasteiger partial charge >= 0.3 is 8.80 Å². The monoisotopic (exact) mass is 289 g/mol. The Balaban J connectivity index is 3.52. The quantitative estimate of drug-likeness (QED) is 0.295. The van der Waals surface area contributed by atoms with Gasteiger partial charge in [-0.1, -0.05) is 32.6 Å². The van der Waals surface area contributed by atoms with Crippen LogP contribution in [0.1, 0.15) is 51.9 Å². The Kier molecular flexibility index (Phi) is 12.6. The molecule has 0 radical (unpaired) electrons. The Morgan fingerprint density at radius 2 is 1.53 bits per heavy atom. The predicted molar refractivity (Wildman–Crippen MR) is 82.9 cm³/mol. The van der Waals surface area contributed by atoms with Crippen molar-refractivity contribution in [3.63, 3.8) is 0 Å². The van der Waals surface area contributed by atoms with Crippen LogP contribution in [0.2, 0.25) is 6.04 Å². The minimum Gasteiger partial charge on any atom is -0.377 e. The zero-order chi connectivity index (χ0) is 14.4. The van der Waals surface area contributed by atoms with Gasteiger partial charge in [0.15, 0.2) is 0 Å². The first-order valence-corrected chi connectivity index (χ1v) is 9.31. The third-order valence-electron chi connectivity index (χ3n) is 3.27. The van der Waals surface area contributed by atoms with Gasteiger partial charge in [0.05, 0.1) is 0 Å². The fourth-order valence-electron chi connectivity index (χ4n) is 1.96. The second-order valence-electron chi connectivity index (χ2n) is 4.69. The Morgan fingerprint density at radius 3 is 2.11 bits per heavy atom. The summed E-state index contributed by atoms with van der Waals surface area (Å²) in [6, 6.07) is 0.824. The molecule has 0 amide bonds. The van der Waals surface area contributed by atoms with Crippen molar-refractivity contribution < 1.29 is 13.3 Å². The molecule has 0 fully saturated rings. The number of hydrogen-bond acceptors (Lipinski definition) is 4. The van der Waals surface area contributed by atoms with E-state index in [9.17, 15) is 0 Å². The molecule has 0 bridgehead atoms. The van der Waals surface area contributed by atoms with Gasteiger partial charge in [-0.05, 0) is 25.5 Å². The SMILES string of the molecule is CCCCCCCC=NCCC[Si](OC)(OC)OC. The van der Waals surface area contributed by atoms with E-state index in [0.717, 1.165) is 25.4 Å². The van der Waals surface area contributed by atoms with E-state index >= 15 is 0 Å². The van der Waals surface area contributed by atoms with Crippen molar-refractivity contribution in [2.75, 3.05) is 27.9 Å². The molecule has 0 aliphatic rings. The molecule has 0 saturated heterocycles. The summed E-state index contributed by atoms with van der Waals surface area (Å²) >= 11 is 0. The first-order chi connectivity index (χ1) is 9.24. The molecule has 0 N–H and O–H groups in total. The molecule has 4 nitrogen and oxygen atoms in total. The molecule has 0 unspecified atom stereocenters. The van der Waals surface area contributed by atoms with Crippen LogP contribution >= 0.6 is 0 Å².